The molecule has 4 heavy (non-hydrogen) atoms. The molecule has 0 heterocycles. The molecule has 0 bridgehead atoms. The van der Waals surface area contributed by atoms with Crippen molar-refractivity contribution in [2.75, 3.05) is 0 Å². The van der Waals surface area contributed by atoms with Crippen molar-refractivity contribution in [3.8, 4) is 0 Å². The van der Waals surface area contributed by atoms with E-state index in [1.807, 2.05) is 0 Å². The van der Waals surface area contributed by atoms with Crippen LogP contribution in [0, 0.1) is 0 Å². The maximum Gasteiger partial charge on any atom is 0 e. The van der Waals surface area contributed by atoms with Crippen LogP contribution in [0.5, 0.6) is 0 Å². The maximum atomic E-state index is 8.19. The van der Waals surface area contributed by atoms with Gasteiger partial charge < -0.3 is 1.43 Å². The molecule has 0 spiro atoms. The summed E-state index contributed by atoms with van der Waals surface area (Å²) >= 11 is 1.06. The van der Waals surface area contributed by atoms with Gasteiger partial charge >= 0.3 is 50.6 Å². The fraction of sp³-hybridized carbons (Fsp3) is 0. The van der Waals surface area contributed by atoms with E-state index >= 15 is 0 Å². The largest absolute Gasteiger partial charge is 0 e. The van der Waals surface area contributed by atoms with Crippen LogP contribution in [0.3, 0.4) is 0 Å². The zero-order chi connectivity index (χ0) is 2.00. The Bertz CT molecular complexity index is 11.6. The number of hydrogen-bond acceptors (Lipinski definition) is 1. The average Bonchev–Trinajstić information content (AvgIpc) is 1.00. The quantitative estimate of drug-likeness (QED) is 0.342. The summed E-state index contributed by atoms with van der Waals surface area (Å²) in [5.74, 6) is 0. The van der Waals surface area contributed by atoms with Gasteiger partial charge in [0.25, 0.3) is 0 Å². The monoisotopic (exact) mass is 155 g/mol. The molecule has 0 rings (SSSR count). The fourth-order valence-electron chi connectivity index (χ4n) is 0. The second-order valence-electron chi connectivity index (χ2n) is 0. The summed E-state index contributed by atoms with van der Waals surface area (Å²) in [4.78, 5) is 0. The van der Waals surface area contributed by atoms with Crippen LogP contribution in [0.15, 0.2) is 0 Å². The Morgan fingerprint density at radius 2 is 1.50 bits per heavy atom. The van der Waals surface area contributed by atoms with Crippen LogP contribution in [-0.2, 0) is 40.5 Å². The van der Waals surface area contributed by atoms with Gasteiger partial charge in [0.1, 0.15) is 0 Å². The van der Waals surface area contributed by atoms with Crippen LogP contribution in [0.4, 0.5) is 0 Å². The molecule has 0 aromatic rings. The van der Waals surface area contributed by atoms with Crippen LogP contribution in [-0.4, -0.2) is 0 Å². The van der Waals surface area contributed by atoms with Crippen molar-refractivity contribution in [3.05, 3.63) is 0 Å². The Labute approximate surface area is 70.7 Å². The van der Waals surface area contributed by atoms with Crippen LogP contribution in [0.2, 0.25) is 0 Å². The molecule has 0 saturated heterocycles. The molecule has 0 aliphatic carbocycles. The molecule has 15 valence electrons. The minimum absolute atomic E-state index is 0. The summed E-state index contributed by atoms with van der Waals surface area (Å²) in [6.45, 7) is 0. The molecule has 0 aliphatic heterocycles. The number of rotatable bonds is 0. The molecule has 0 aliphatic rings. The van der Waals surface area contributed by atoms with Crippen LogP contribution in [0.25, 0.3) is 0 Å². The molecule has 4 heteroatoms. The first-order valence-corrected chi connectivity index (χ1v) is 0.753. The molecular formula is HNaOVZn. The Morgan fingerprint density at radius 1 is 1.50 bits per heavy atom. The summed E-state index contributed by atoms with van der Waals surface area (Å²) < 4.78 is 8.19. The van der Waals surface area contributed by atoms with Crippen molar-refractivity contribution < 1.29 is 71.5 Å². The molecular weight excluding hydrogens is 155 g/mol. The van der Waals surface area contributed by atoms with Crippen molar-refractivity contribution in [2.45, 2.75) is 0 Å². The van der Waals surface area contributed by atoms with Gasteiger partial charge in [-0.2, -0.15) is 0 Å². The van der Waals surface area contributed by atoms with Crippen LogP contribution >= 0.6 is 0 Å². The summed E-state index contributed by atoms with van der Waals surface area (Å²) in [6, 6.07) is 0. The van der Waals surface area contributed by atoms with E-state index in [4.69, 9.17) is 3.67 Å². The van der Waals surface area contributed by atoms with E-state index in [0.717, 1.165) is 17.4 Å². The van der Waals surface area contributed by atoms with Crippen molar-refractivity contribution in [1.29, 1.82) is 0 Å². The molecule has 0 amide bonds. The van der Waals surface area contributed by atoms with Gasteiger partial charge in [0.2, 0.25) is 0 Å². The van der Waals surface area contributed by atoms with Gasteiger partial charge in [0, 0.05) is 19.5 Å². The Hall–Kier alpha value is 2.01. The second kappa shape index (κ2) is 20.0. The minimum atomic E-state index is 0. The molecule has 0 unspecified atom stereocenters. The first-order chi connectivity index (χ1) is 1.00. The maximum absolute atomic E-state index is 8.19. The Balaban J connectivity index is -0.00000000167. The molecule has 0 fully saturated rings. The van der Waals surface area contributed by atoms with E-state index in [2.05, 4.69) is 0 Å². The van der Waals surface area contributed by atoms with Gasteiger partial charge in [0.05, 0.1) is 0 Å². The van der Waals surface area contributed by atoms with Crippen LogP contribution < -0.4 is 29.6 Å². The van der Waals surface area contributed by atoms with Gasteiger partial charge in [0.15, 0.2) is 0 Å². The van der Waals surface area contributed by atoms with E-state index in [1.165, 1.54) is 0 Å². The molecule has 1 nitrogen and oxygen atoms in total. The normalized spacial score (nSPS) is 0.750. The first-order valence-electron chi connectivity index (χ1n) is 0.183. The molecule has 0 radical (unpaired) electrons. The zero-order valence-corrected chi connectivity index (χ0v) is 8.93. The first kappa shape index (κ1) is 16.7. The standard InChI is InChI=1S/Na.O.V.Zn.H/q+1;;;;-1. The molecule has 0 atom stereocenters. The van der Waals surface area contributed by atoms with E-state index in [1.54, 1.807) is 0 Å². The fourth-order valence-corrected chi connectivity index (χ4v) is 0. The van der Waals surface area contributed by atoms with E-state index in [9.17, 15) is 0 Å². The van der Waals surface area contributed by atoms with E-state index in [-0.39, 0.29) is 50.5 Å². The Kier molecular flexibility index (Phi) is 83.1. The van der Waals surface area contributed by atoms with Crippen molar-refractivity contribution in [3.63, 3.8) is 0 Å². The van der Waals surface area contributed by atoms with Gasteiger partial charge in [-0.1, -0.05) is 0 Å². The van der Waals surface area contributed by atoms with Gasteiger partial charge in [-0.05, 0) is 0 Å². The predicted molar refractivity (Wildman–Crippen MR) is 1.80 cm³/mol. The van der Waals surface area contributed by atoms with Gasteiger partial charge in [-0.15, -0.1) is 0 Å². The van der Waals surface area contributed by atoms with Crippen molar-refractivity contribution >= 4 is 0 Å². The van der Waals surface area contributed by atoms with Crippen molar-refractivity contribution in [1.82, 2.24) is 0 Å². The summed E-state index contributed by atoms with van der Waals surface area (Å²) in [5, 5.41) is 0. The number of hydrogen-bond donors (Lipinski definition) is 0. The zero-order valence-electron chi connectivity index (χ0n) is 3.56. The van der Waals surface area contributed by atoms with Crippen molar-refractivity contribution in [2.24, 2.45) is 0 Å². The van der Waals surface area contributed by atoms with Gasteiger partial charge in [-0.25, -0.2) is 0 Å². The van der Waals surface area contributed by atoms with Gasteiger partial charge in [-0.3, -0.25) is 0 Å². The molecule has 0 aromatic carbocycles. The van der Waals surface area contributed by atoms with E-state index < -0.39 is 0 Å². The second-order valence-corrected chi connectivity index (χ2v) is 0. The summed E-state index contributed by atoms with van der Waals surface area (Å²) in [7, 11) is 0. The smallest absolute Gasteiger partial charge is 0 e. The third kappa shape index (κ3) is 8.99. The van der Waals surface area contributed by atoms with Crippen LogP contribution in [0.1, 0.15) is 1.43 Å². The third-order valence-corrected chi connectivity index (χ3v) is 0. The average molecular weight is 156 g/mol. The minimum Gasteiger partial charge on any atom is 0 e. The predicted octanol–water partition coefficient (Wildman–Crippen LogP) is -3.01. The molecule has 0 N–H and O–H groups in total. The third-order valence-electron chi connectivity index (χ3n) is 0. The van der Waals surface area contributed by atoms with E-state index in [0.29, 0.717) is 0 Å². The summed E-state index contributed by atoms with van der Waals surface area (Å²) in [6.07, 6.45) is 0. The molecule has 0 aromatic heterocycles. The Morgan fingerprint density at radius 3 is 1.50 bits per heavy atom. The SMILES string of the molecule is [H-].[Na+].[O]=[V].[Zn]. The summed E-state index contributed by atoms with van der Waals surface area (Å²) in [5.41, 5.74) is 0. The molecule has 0 saturated carbocycles. The topological polar surface area (TPSA) is 17.1 Å².